The maximum atomic E-state index is 9.06. The molecule has 11 heavy (non-hydrogen) atoms. The highest BCUT2D eigenvalue weighted by Crippen LogP contribution is 2.42. The second-order valence-electron chi connectivity index (χ2n) is 3.34. The molecule has 1 saturated carbocycles. The Morgan fingerprint density at radius 1 is 1.73 bits per heavy atom. The van der Waals surface area contributed by atoms with Crippen LogP contribution in [0, 0.1) is 6.92 Å². The van der Waals surface area contributed by atoms with E-state index in [2.05, 4.69) is 5.10 Å². The molecule has 1 fully saturated rings. The average Bonchev–Trinajstić information content (AvgIpc) is 2.70. The second-order valence-corrected chi connectivity index (χ2v) is 3.34. The van der Waals surface area contributed by atoms with Crippen molar-refractivity contribution in [2.75, 3.05) is 6.61 Å². The lowest BCUT2D eigenvalue weighted by Gasteiger charge is -2.11. The number of rotatable bonds is 2. The first-order valence-electron chi connectivity index (χ1n) is 3.89. The van der Waals surface area contributed by atoms with Gasteiger partial charge in [-0.05, 0) is 25.3 Å². The van der Waals surface area contributed by atoms with Crippen LogP contribution in [0.5, 0.6) is 0 Å². The van der Waals surface area contributed by atoms with Gasteiger partial charge in [0.15, 0.2) is 0 Å². The van der Waals surface area contributed by atoms with Gasteiger partial charge in [0.2, 0.25) is 0 Å². The van der Waals surface area contributed by atoms with Crippen LogP contribution in [0.25, 0.3) is 0 Å². The third-order valence-corrected chi connectivity index (χ3v) is 2.32. The van der Waals surface area contributed by atoms with Crippen molar-refractivity contribution in [1.29, 1.82) is 0 Å². The average molecular weight is 152 g/mol. The van der Waals surface area contributed by atoms with E-state index in [0.29, 0.717) is 0 Å². The van der Waals surface area contributed by atoms with E-state index < -0.39 is 0 Å². The van der Waals surface area contributed by atoms with Gasteiger partial charge >= 0.3 is 0 Å². The first-order valence-corrected chi connectivity index (χ1v) is 3.89. The molecule has 0 atom stereocenters. The number of nitrogens with zero attached hydrogens (tertiary/aromatic N) is 2. The van der Waals surface area contributed by atoms with Crippen LogP contribution in [0.2, 0.25) is 0 Å². The summed E-state index contributed by atoms with van der Waals surface area (Å²) in [5, 5.41) is 13.2. The molecule has 0 aliphatic heterocycles. The molecule has 2 rings (SSSR count). The molecule has 0 amide bonds. The Morgan fingerprint density at radius 2 is 2.45 bits per heavy atom. The number of aliphatic hydroxyl groups excluding tert-OH is 1. The molecule has 1 aliphatic rings. The van der Waals surface area contributed by atoms with Gasteiger partial charge in [0.25, 0.3) is 0 Å². The van der Waals surface area contributed by atoms with Gasteiger partial charge in [-0.15, -0.1) is 0 Å². The number of aliphatic hydroxyl groups is 1. The Balaban J connectivity index is 2.29. The molecule has 0 bridgehead atoms. The molecule has 0 aromatic carbocycles. The summed E-state index contributed by atoms with van der Waals surface area (Å²) in [6.45, 7) is 2.23. The fourth-order valence-corrected chi connectivity index (χ4v) is 1.28. The summed E-state index contributed by atoms with van der Waals surface area (Å²) >= 11 is 0. The summed E-state index contributed by atoms with van der Waals surface area (Å²) in [7, 11) is 0. The van der Waals surface area contributed by atoms with E-state index in [-0.39, 0.29) is 12.1 Å². The van der Waals surface area contributed by atoms with E-state index in [4.69, 9.17) is 5.11 Å². The lowest BCUT2D eigenvalue weighted by molar-refractivity contribution is 0.202. The molecule has 0 saturated heterocycles. The van der Waals surface area contributed by atoms with Crippen molar-refractivity contribution < 1.29 is 5.11 Å². The lowest BCUT2D eigenvalue weighted by Crippen LogP contribution is -2.21. The van der Waals surface area contributed by atoms with E-state index in [1.807, 2.05) is 24.0 Å². The highest BCUT2D eigenvalue weighted by Gasteiger charge is 2.44. The minimum Gasteiger partial charge on any atom is -0.394 e. The van der Waals surface area contributed by atoms with Gasteiger partial charge in [-0.2, -0.15) is 5.10 Å². The summed E-state index contributed by atoms with van der Waals surface area (Å²) < 4.78 is 1.89. The zero-order valence-electron chi connectivity index (χ0n) is 6.62. The van der Waals surface area contributed by atoms with Gasteiger partial charge in [-0.25, -0.2) is 0 Å². The Bertz CT molecular complexity index is 263. The molecule has 3 nitrogen and oxygen atoms in total. The summed E-state index contributed by atoms with van der Waals surface area (Å²) in [6.07, 6.45) is 5.94. The Kier molecular flexibility index (Phi) is 1.29. The van der Waals surface area contributed by atoms with Crippen molar-refractivity contribution in [3.05, 3.63) is 18.0 Å². The Hall–Kier alpha value is -0.830. The van der Waals surface area contributed by atoms with Crippen molar-refractivity contribution in [2.45, 2.75) is 25.3 Å². The molecule has 0 radical (unpaired) electrons. The predicted octanol–water partition coefficient (Wildman–Crippen LogP) is 0.673. The molecule has 0 unspecified atom stereocenters. The molecule has 1 aromatic rings. The van der Waals surface area contributed by atoms with E-state index in [9.17, 15) is 0 Å². The Labute approximate surface area is 65.7 Å². The quantitative estimate of drug-likeness (QED) is 0.676. The zero-order valence-corrected chi connectivity index (χ0v) is 6.62. The van der Waals surface area contributed by atoms with Crippen LogP contribution in [0.4, 0.5) is 0 Å². The molecule has 3 heteroatoms. The Morgan fingerprint density at radius 3 is 2.82 bits per heavy atom. The van der Waals surface area contributed by atoms with Crippen LogP contribution in [0.3, 0.4) is 0 Å². The normalized spacial score (nSPS) is 20.2. The fraction of sp³-hybridized carbons (Fsp3) is 0.625. The van der Waals surface area contributed by atoms with Crippen LogP contribution < -0.4 is 0 Å². The summed E-state index contributed by atoms with van der Waals surface area (Å²) in [4.78, 5) is 0. The van der Waals surface area contributed by atoms with Crippen molar-refractivity contribution >= 4 is 0 Å². The van der Waals surface area contributed by atoms with Crippen LogP contribution >= 0.6 is 0 Å². The lowest BCUT2D eigenvalue weighted by atomic mass is 10.3. The minimum atomic E-state index is -0.0335. The van der Waals surface area contributed by atoms with Crippen LogP contribution in [0.15, 0.2) is 12.4 Å². The van der Waals surface area contributed by atoms with Crippen LogP contribution in [-0.2, 0) is 5.54 Å². The van der Waals surface area contributed by atoms with Crippen LogP contribution in [0.1, 0.15) is 18.4 Å². The van der Waals surface area contributed by atoms with Gasteiger partial charge in [0.1, 0.15) is 0 Å². The number of aromatic nitrogens is 2. The molecule has 1 aliphatic carbocycles. The summed E-state index contributed by atoms with van der Waals surface area (Å²) in [5.74, 6) is 0. The SMILES string of the molecule is Cc1cnn(C2(CO)CC2)c1. The summed E-state index contributed by atoms with van der Waals surface area (Å²) in [5.41, 5.74) is 1.12. The maximum Gasteiger partial charge on any atom is 0.0859 e. The van der Waals surface area contributed by atoms with Crippen LogP contribution in [-0.4, -0.2) is 21.5 Å². The highest BCUT2D eigenvalue weighted by molar-refractivity contribution is 5.07. The predicted molar refractivity (Wildman–Crippen MR) is 41.3 cm³/mol. The molecule has 1 aromatic heterocycles. The van der Waals surface area contributed by atoms with Gasteiger partial charge in [0, 0.05) is 6.20 Å². The smallest absolute Gasteiger partial charge is 0.0859 e. The fourth-order valence-electron chi connectivity index (χ4n) is 1.28. The van der Waals surface area contributed by atoms with Crippen molar-refractivity contribution in [1.82, 2.24) is 9.78 Å². The highest BCUT2D eigenvalue weighted by atomic mass is 16.3. The minimum absolute atomic E-state index is 0.0335. The topological polar surface area (TPSA) is 38.0 Å². The third kappa shape index (κ3) is 0.959. The summed E-state index contributed by atoms with van der Waals surface area (Å²) in [6, 6.07) is 0. The van der Waals surface area contributed by atoms with Crippen molar-refractivity contribution in [2.24, 2.45) is 0 Å². The molecular weight excluding hydrogens is 140 g/mol. The molecule has 0 spiro atoms. The van der Waals surface area contributed by atoms with E-state index >= 15 is 0 Å². The molecule has 1 N–H and O–H groups in total. The third-order valence-electron chi connectivity index (χ3n) is 2.32. The molecule has 1 heterocycles. The monoisotopic (exact) mass is 152 g/mol. The van der Waals surface area contributed by atoms with Gasteiger partial charge in [0.05, 0.1) is 18.3 Å². The number of hydrogen-bond acceptors (Lipinski definition) is 2. The van der Waals surface area contributed by atoms with Gasteiger partial charge < -0.3 is 5.11 Å². The van der Waals surface area contributed by atoms with Crippen molar-refractivity contribution in [3.63, 3.8) is 0 Å². The molecular formula is C8H12N2O. The van der Waals surface area contributed by atoms with E-state index in [1.54, 1.807) is 0 Å². The van der Waals surface area contributed by atoms with Crippen molar-refractivity contribution in [3.8, 4) is 0 Å². The second kappa shape index (κ2) is 2.08. The first kappa shape index (κ1) is 6.85. The number of aryl methyl sites for hydroxylation is 1. The molecule has 60 valence electrons. The first-order chi connectivity index (χ1) is 5.27. The maximum absolute atomic E-state index is 9.06. The van der Waals surface area contributed by atoms with Gasteiger partial charge in [-0.1, -0.05) is 0 Å². The van der Waals surface area contributed by atoms with E-state index in [1.165, 1.54) is 0 Å². The standard InChI is InChI=1S/C8H12N2O/c1-7-4-9-10(5-7)8(6-11)2-3-8/h4-5,11H,2-3,6H2,1H3. The van der Waals surface area contributed by atoms with E-state index in [0.717, 1.165) is 18.4 Å². The number of hydrogen-bond donors (Lipinski definition) is 1. The van der Waals surface area contributed by atoms with Gasteiger partial charge in [-0.3, -0.25) is 4.68 Å². The largest absolute Gasteiger partial charge is 0.394 e. The zero-order chi connectivity index (χ0) is 7.90.